The maximum Gasteiger partial charge on any atom is 0.285 e. The van der Waals surface area contributed by atoms with E-state index in [1.807, 2.05) is 0 Å². The lowest BCUT2D eigenvalue weighted by Crippen LogP contribution is -2.29. The molecule has 0 bridgehead atoms. The number of hydrogen-bond acceptors (Lipinski definition) is 8. The number of carbonyl (C=O) groups excluding carboxylic acids is 4. The maximum atomic E-state index is 13.0. The van der Waals surface area contributed by atoms with Crippen LogP contribution in [0.25, 0.3) is 22.4 Å². The number of anilines is 2. The van der Waals surface area contributed by atoms with Gasteiger partial charge in [0, 0.05) is 30.3 Å². The van der Waals surface area contributed by atoms with Crippen LogP contribution in [-0.2, 0) is 0 Å². The van der Waals surface area contributed by atoms with Gasteiger partial charge in [-0.3, -0.25) is 39.4 Å². The fourth-order valence-corrected chi connectivity index (χ4v) is 5.26. The molecular weight excluding hydrogens is 560 g/mol. The molecule has 2 aliphatic heterocycles. The van der Waals surface area contributed by atoms with Crippen LogP contribution in [0.2, 0.25) is 0 Å². The number of nitro benzene ring substituents is 2. The number of amides is 4. The average molecular weight is 575 g/mol. The van der Waals surface area contributed by atoms with Gasteiger partial charge in [0.1, 0.15) is 0 Å². The van der Waals surface area contributed by atoms with Crippen LogP contribution in [-0.4, -0.2) is 38.5 Å². The molecule has 4 amide bonds. The van der Waals surface area contributed by atoms with E-state index in [4.69, 9.17) is 0 Å². The van der Waals surface area contributed by atoms with Crippen molar-refractivity contribution in [3.63, 3.8) is 0 Å². The SMILES string of the molecule is O=C1c2ccc([N+](=O)[O-])cc2C(=O)N1c1ccc(-c2[nH]c3ccc(N4C(=O)c5ccc([N+](=O)[O-])cc5C4=O)cc3[nH+]2)cc1. The first-order valence-electron chi connectivity index (χ1n) is 12.6. The standard InChI is InChI=1S/C29H14N6O8/c36-26-19-8-5-17(34(40)41)11-21(19)28(38)32(26)15-3-1-14(2-4-15)25-30-23-10-7-16(13-24(23)31-25)33-27(37)20-9-6-18(35(42)43)12-22(20)29(33)39/h1-13H,(H,30,31)/p+1. The number of nitrogens with zero attached hydrogens (tertiary/aromatic N) is 4. The van der Waals surface area contributed by atoms with Crippen molar-refractivity contribution in [1.82, 2.24) is 4.98 Å². The molecule has 4 aromatic carbocycles. The number of fused-ring (bicyclic) bond motifs is 3. The van der Waals surface area contributed by atoms with E-state index in [0.29, 0.717) is 22.4 Å². The molecule has 2 N–H and O–H groups in total. The van der Waals surface area contributed by atoms with Crippen molar-refractivity contribution in [1.29, 1.82) is 0 Å². The molecule has 14 heteroatoms. The third-order valence-electron chi connectivity index (χ3n) is 7.36. The number of aromatic amines is 2. The predicted molar refractivity (Wildman–Crippen MR) is 149 cm³/mol. The van der Waals surface area contributed by atoms with E-state index in [2.05, 4.69) is 9.97 Å². The Bertz CT molecular complexity index is 2140. The van der Waals surface area contributed by atoms with Gasteiger partial charge in [0.25, 0.3) is 40.8 Å². The Kier molecular flexibility index (Phi) is 5.30. The van der Waals surface area contributed by atoms with Crippen molar-refractivity contribution in [2.75, 3.05) is 9.80 Å². The minimum atomic E-state index is -0.669. The summed E-state index contributed by atoms with van der Waals surface area (Å²) < 4.78 is 0. The van der Waals surface area contributed by atoms with E-state index in [9.17, 15) is 39.4 Å². The fraction of sp³-hybridized carbons (Fsp3) is 0. The molecule has 1 aromatic heterocycles. The Labute approximate surface area is 239 Å². The number of aromatic nitrogens is 2. The van der Waals surface area contributed by atoms with Crippen molar-refractivity contribution in [3.8, 4) is 11.4 Å². The van der Waals surface area contributed by atoms with Crippen molar-refractivity contribution in [2.24, 2.45) is 0 Å². The third-order valence-corrected chi connectivity index (χ3v) is 7.36. The quantitative estimate of drug-likeness (QED) is 0.184. The first kappa shape index (κ1) is 25.4. The highest BCUT2D eigenvalue weighted by atomic mass is 16.6. The van der Waals surface area contributed by atoms with Gasteiger partial charge in [-0.1, -0.05) is 0 Å². The number of carbonyl (C=O) groups is 4. The number of benzene rings is 4. The maximum absolute atomic E-state index is 13.0. The number of nitro groups is 2. The molecule has 0 saturated heterocycles. The van der Waals surface area contributed by atoms with Gasteiger partial charge in [0.15, 0.2) is 11.0 Å². The first-order chi connectivity index (χ1) is 20.6. The molecule has 208 valence electrons. The van der Waals surface area contributed by atoms with Gasteiger partial charge in [-0.05, 0) is 48.5 Å². The topological polar surface area (TPSA) is 191 Å². The largest absolute Gasteiger partial charge is 0.285 e. The number of rotatable bonds is 5. The van der Waals surface area contributed by atoms with Crippen LogP contribution in [0, 0.1) is 20.2 Å². The Morgan fingerprint density at radius 1 is 0.581 bits per heavy atom. The molecule has 0 unspecified atom stereocenters. The number of nitrogens with one attached hydrogen (secondary N) is 2. The summed E-state index contributed by atoms with van der Waals surface area (Å²) in [6.07, 6.45) is 0. The highest BCUT2D eigenvalue weighted by Crippen LogP contribution is 2.34. The minimum Gasteiger partial charge on any atom is -0.268 e. The predicted octanol–water partition coefficient (Wildman–Crippen LogP) is 4.07. The van der Waals surface area contributed by atoms with Crippen LogP contribution in [0.5, 0.6) is 0 Å². The van der Waals surface area contributed by atoms with E-state index < -0.39 is 33.5 Å². The summed E-state index contributed by atoms with van der Waals surface area (Å²) >= 11 is 0. The Morgan fingerprint density at radius 2 is 1.07 bits per heavy atom. The van der Waals surface area contributed by atoms with Gasteiger partial charge < -0.3 is 0 Å². The molecule has 0 saturated carbocycles. The lowest BCUT2D eigenvalue weighted by Gasteiger charge is -2.13. The molecule has 7 rings (SSSR count). The molecule has 0 spiro atoms. The monoisotopic (exact) mass is 575 g/mol. The van der Waals surface area contributed by atoms with E-state index in [1.54, 1.807) is 42.5 Å². The molecule has 0 aliphatic carbocycles. The summed E-state index contributed by atoms with van der Waals surface area (Å²) in [7, 11) is 0. The zero-order valence-corrected chi connectivity index (χ0v) is 21.6. The Balaban J connectivity index is 1.16. The zero-order valence-electron chi connectivity index (χ0n) is 21.6. The Morgan fingerprint density at radius 3 is 1.60 bits per heavy atom. The van der Waals surface area contributed by atoms with E-state index in [0.717, 1.165) is 21.9 Å². The van der Waals surface area contributed by atoms with Crippen LogP contribution in [0.15, 0.2) is 78.9 Å². The van der Waals surface area contributed by atoms with Crippen molar-refractivity contribution < 1.29 is 34.0 Å². The van der Waals surface area contributed by atoms with Crippen LogP contribution < -0.4 is 14.8 Å². The van der Waals surface area contributed by atoms with Gasteiger partial charge in [0.2, 0.25) is 0 Å². The molecule has 0 radical (unpaired) electrons. The highest BCUT2D eigenvalue weighted by Gasteiger charge is 2.39. The average Bonchev–Trinajstić information content (AvgIpc) is 3.62. The van der Waals surface area contributed by atoms with Crippen LogP contribution in [0.3, 0.4) is 0 Å². The smallest absolute Gasteiger partial charge is 0.268 e. The van der Waals surface area contributed by atoms with E-state index >= 15 is 0 Å². The van der Waals surface area contributed by atoms with Crippen molar-refractivity contribution in [3.05, 3.63) is 121 Å². The first-order valence-corrected chi connectivity index (χ1v) is 12.6. The molecule has 5 aromatic rings. The number of H-pyrrole nitrogens is 2. The summed E-state index contributed by atoms with van der Waals surface area (Å²) in [6, 6.07) is 18.4. The summed E-state index contributed by atoms with van der Waals surface area (Å²) in [5.41, 5.74) is 1.89. The second-order valence-corrected chi connectivity index (χ2v) is 9.77. The van der Waals surface area contributed by atoms with Crippen LogP contribution in [0.1, 0.15) is 41.4 Å². The van der Waals surface area contributed by atoms with E-state index in [1.165, 1.54) is 24.3 Å². The third kappa shape index (κ3) is 3.77. The van der Waals surface area contributed by atoms with Crippen LogP contribution >= 0.6 is 0 Å². The molecule has 43 heavy (non-hydrogen) atoms. The molecule has 14 nitrogen and oxygen atoms in total. The summed E-state index contributed by atoms with van der Waals surface area (Å²) in [5.74, 6) is -1.96. The van der Waals surface area contributed by atoms with Crippen LogP contribution in [0.4, 0.5) is 22.7 Å². The zero-order chi connectivity index (χ0) is 30.2. The summed E-state index contributed by atoms with van der Waals surface area (Å²) in [5, 5.41) is 22.2. The summed E-state index contributed by atoms with van der Waals surface area (Å²) in [4.78, 5) is 81.1. The van der Waals surface area contributed by atoms with Crippen molar-refractivity contribution >= 4 is 57.4 Å². The molecule has 3 heterocycles. The molecular formula is C29H15N6O8+. The normalized spacial score (nSPS) is 14.0. The van der Waals surface area contributed by atoms with Gasteiger partial charge in [0.05, 0.1) is 49.0 Å². The second-order valence-electron chi connectivity index (χ2n) is 9.77. The lowest BCUT2D eigenvalue weighted by atomic mass is 10.1. The highest BCUT2D eigenvalue weighted by molar-refractivity contribution is 6.35. The minimum absolute atomic E-state index is 0.0423. The molecule has 2 aliphatic rings. The van der Waals surface area contributed by atoms with Crippen molar-refractivity contribution in [2.45, 2.75) is 0 Å². The molecule has 0 atom stereocenters. The van der Waals surface area contributed by atoms with Gasteiger partial charge >= 0.3 is 0 Å². The number of non-ortho nitro benzene ring substituents is 2. The lowest BCUT2D eigenvalue weighted by molar-refractivity contribution is -0.385. The van der Waals surface area contributed by atoms with Gasteiger partial charge in [-0.25, -0.2) is 19.8 Å². The summed E-state index contributed by atoms with van der Waals surface area (Å²) in [6.45, 7) is 0. The van der Waals surface area contributed by atoms with E-state index in [-0.39, 0.29) is 45.0 Å². The molecule has 0 fully saturated rings. The van der Waals surface area contributed by atoms with Gasteiger partial charge in [-0.15, -0.1) is 0 Å². The number of hydrogen-bond donors (Lipinski definition) is 1. The van der Waals surface area contributed by atoms with Gasteiger partial charge in [-0.2, -0.15) is 0 Å². The number of imide groups is 2. The fourth-order valence-electron chi connectivity index (χ4n) is 5.26. The second kappa shape index (κ2) is 8.97. The Hall–Kier alpha value is -6.57. The number of imidazole rings is 1.